The van der Waals surface area contributed by atoms with Gasteiger partial charge in [-0.1, -0.05) is 0 Å². The first-order valence-corrected chi connectivity index (χ1v) is 4.87. The molecule has 0 saturated heterocycles. The zero-order chi connectivity index (χ0) is 10.8. The minimum Gasteiger partial charge on any atom is -0.309 e. The maximum absolute atomic E-state index is 11.1. The first-order valence-electron chi connectivity index (χ1n) is 4.87. The van der Waals surface area contributed by atoms with Gasteiger partial charge in [0.2, 0.25) is 0 Å². The maximum Gasteiger partial charge on any atom is 0.183 e. The number of rotatable bonds is 3. The molecule has 0 fully saturated rings. The minimum atomic E-state index is -0.0133. The number of likely N-dealkylation sites (N-methyl/N-ethyl adjacent to an activating group) is 1. The summed E-state index contributed by atoms with van der Waals surface area (Å²) in [5.74, 6) is 0.898. The lowest BCUT2D eigenvalue weighted by Crippen LogP contribution is -2.15. The number of nitrogens with one attached hydrogen (secondary N) is 1. The number of hydrogen-bond donors (Lipinski definition) is 1. The van der Waals surface area contributed by atoms with Crippen LogP contribution in [0.15, 0.2) is 23.1 Å². The van der Waals surface area contributed by atoms with Crippen LogP contribution in [0.2, 0.25) is 0 Å². The van der Waals surface area contributed by atoms with Crippen LogP contribution in [0.25, 0.3) is 5.65 Å². The van der Waals surface area contributed by atoms with Crippen molar-refractivity contribution >= 4 is 5.65 Å². The van der Waals surface area contributed by atoms with E-state index in [2.05, 4.69) is 15.0 Å². The normalized spacial score (nSPS) is 11.4. The average molecular weight is 206 g/mol. The third-order valence-electron chi connectivity index (χ3n) is 2.20. The van der Waals surface area contributed by atoms with Gasteiger partial charge in [0.15, 0.2) is 11.1 Å². The molecule has 2 rings (SSSR count). The van der Waals surface area contributed by atoms with E-state index in [0.717, 1.165) is 18.8 Å². The zero-order valence-electron chi connectivity index (χ0n) is 8.90. The number of aromatic nitrogens is 3. The molecule has 0 spiro atoms. The van der Waals surface area contributed by atoms with Gasteiger partial charge < -0.3 is 4.90 Å². The molecule has 0 amide bonds. The second-order valence-electron chi connectivity index (χ2n) is 3.81. The number of pyridine rings is 1. The molecular weight excluding hydrogens is 192 g/mol. The molecule has 0 atom stereocenters. The lowest BCUT2D eigenvalue weighted by Gasteiger charge is -2.06. The van der Waals surface area contributed by atoms with Crippen LogP contribution >= 0.6 is 0 Å². The molecule has 15 heavy (non-hydrogen) atoms. The third-order valence-corrected chi connectivity index (χ3v) is 2.20. The SMILES string of the molecule is CN(C)CCc1nc2cc(=O)ccn2[nH]1. The Morgan fingerprint density at radius 3 is 3.07 bits per heavy atom. The molecule has 2 aromatic rings. The first kappa shape index (κ1) is 9.92. The molecule has 0 aliphatic carbocycles. The summed E-state index contributed by atoms with van der Waals surface area (Å²) in [6, 6.07) is 3.04. The summed E-state index contributed by atoms with van der Waals surface area (Å²) < 4.78 is 1.76. The predicted octanol–water partition coefficient (Wildman–Crippen LogP) is 0.127. The Balaban J connectivity index is 2.27. The standard InChI is InChI=1S/C10H14N4O/c1-13(2)5-4-9-11-10-7-8(15)3-6-14(10)12-9/h3,6-7H,4-5H2,1-2H3,(H,11,12). The van der Waals surface area contributed by atoms with Crippen molar-refractivity contribution in [1.29, 1.82) is 0 Å². The molecule has 2 heterocycles. The van der Waals surface area contributed by atoms with Gasteiger partial charge >= 0.3 is 0 Å². The van der Waals surface area contributed by atoms with E-state index in [1.807, 2.05) is 14.1 Å². The fourth-order valence-corrected chi connectivity index (χ4v) is 1.39. The van der Waals surface area contributed by atoms with Crippen molar-refractivity contribution in [2.75, 3.05) is 20.6 Å². The molecule has 1 N–H and O–H groups in total. The van der Waals surface area contributed by atoms with Crippen molar-refractivity contribution in [2.24, 2.45) is 0 Å². The Kier molecular flexibility index (Phi) is 2.55. The largest absolute Gasteiger partial charge is 0.309 e. The number of hydrogen-bond acceptors (Lipinski definition) is 3. The summed E-state index contributed by atoms with van der Waals surface area (Å²) in [7, 11) is 4.04. The van der Waals surface area contributed by atoms with Gasteiger partial charge in [-0.05, 0) is 14.1 Å². The van der Waals surface area contributed by atoms with Crippen LogP contribution < -0.4 is 5.43 Å². The van der Waals surface area contributed by atoms with Crippen LogP contribution in [0, 0.1) is 0 Å². The molecule has 2 aromatic heterocycles. The molecule has 0 saturated carbocycles. The number of aromatic amines is 1. The fourth-order valence-electron chi connectivity index (χ4n) is 1.39. The Hall–Kier alpha value is -1.62. The second-order valence-corrected chi connectivity index (χ2v) is 3.81. The van der Waals surface area contributed by atoms with Crippen molar-refractivity contribution in [3.05, 3.63) is 34.4 Å². The predicted molar refractivity (Wildman–Crippen MR) is 58.1 cm³/mol. The molecule has 0 aliphatic heterocycles. The van der Waals surface area contributed by atoms with E-state index in [9.17, 15) is 4.79 Å². The summed E-state index contributed by atoms with van der Waals surface area (Å²) in [5, 5.41) is 3.12. The summed E-state index contributed by atoms with van der Waals surface area (Å²) in [5.41, 5.74) is 0.664. The van der Waals surface area contributed by atoms with Gasteiger partial charge in [-0.25, -0.2) is 9.50 Å². The third kappa shape index (κ3) is 2.24. The molecule has 0 bridgehead atoms. The molecule has 5 nitrogen and oxygen atoms in total. The van der Waals surface area contributed by atoms with E-state index in [0.29, 0.717) is 5.65 Å². The second kappa shape index (κ2) is 3.86. The van der Waals surface area contributed by atoms with Crippen LogP contribution in [-0.2, 0) is 6.42 Å². The Bertz CT molecular complexity index is 511. The van der Waals surface area contributed by atoms with Gasteiger partial charge in [0, 0.05) is 31.3 Å². The number of H-pyrrole nitrogens is 1. The van der Waals surface area contributed by atoms with Crippen molar-refractivity contribution in [3.8, 4) is 0 Å². The summed E-state index contributed by atoms with van der Waals surface area (Å²) in [6.07, 6.45) is 2.55. The zero-order valence-corrected chi connectivity index (χ0v) is 8.90. The van der Waals surface area contributed by atoms with Gasteiger partial charge in [-0.2, -0.15) is 0 Å². The number of fused-ring (bicyclic) bond motifs is 1. The van der Waals surface area contributed by atoms with Crippen LogP contribution in [0.4, 0.5) is 0 Å². The van der Waals surface area contributed by atoms with Crippen molar-refractivity contribution in [3.63, 3.8) is 0 Å². The molecule has 5 heteroatoms. The molecule has 0 unspecified atom stereocenters. The molecular formula is C10H14N4O. The highest BCUT2D eigenvalue weighted by Crippen LogP contribution is 1.98. The minimum absolute atomic E-state index is 0.0133. The van der Waals surface area contributed by atoms with Crippen molar-refractivity contribution in [1.82, 2.24) is 19.5 Å². The fraction of sp³-hybridized carbons (Fsp3) is 0.400. The lowest BCUT2D eigenvalue weighted by molar-refractivity contribution is 0.409. The maximum atomic E-state index is 11.1. The molecule has 80 valence electrons. The van der Waals surface area contributed by atoms with E-state index < -0.39 is 0 Å². The highest BCUT2D eigenvalue weighted by molar-refractivity contribution is 5.36. The highest BCUT2D eigenvalue weighted by Gasteiger charge is 2.01. The average Bonchev–Trinajstić information content (AvgIpc) is 2.56. The van der Waals surface area contributed by atoms with Crippen LogP contribution in [0.5, 0.6) is 0 Å². The lowest BCUT2D eigenvalue weighted by atomic mass is 10.4. The summed E-state index contributed by atoms with van der Waals surface area (Å²) in [6.45, 7) is 0.935. The van der Waals surface area contributed by atoms with E-state index in [4.69, 9.17) is 0 Å². The van der Waals surface area contributed by atoms with E-state index >= 15 is 0 Å². The van der Waals surface area contributed by atoms with Gasteiger partial charge in [-0.3, -0.25) is 9.89 Å². The summed E-state index contributed by atoms with van der Waals surface area (Å²) >= 11 is 0. The van der Waals surface area contributed by atoms with Crippen molar-refractivity contribution in [2.45, 2.75) is 6.42 Å². The monoisotopic (exact) mass is 206 g/mol. The molecule has 0 aliphatic rings. The highest BCUT2D eigenvalue weighted by atomic mass is 16.1. The topological polar surface area (TPSA) is 53.4 Å². The Labute approximate surface area is 87.3 Å². The quantitative estimate of drug-likeness (QED) is 0.776. The van der Waals surface area contributed by atoms with E-state index in [-0.39, 0.29) is 5.43 Å². The van der Waals surface area contributed by atoms with Gasteiger partial charge in [0.25, 0.3) is 0 Å². The van der Waals surface area contributed by atoms with Crippen molar-refractivity contribution < 1.29 is 0 Å². The first-order chi connectivity index (χ1) is 7.15. The smallest absolute Gasteiger partial charge is 0.183 e. The van der Waals surface area contributed by atoms with E-state index in [1.54, 1.807) is 10.7 Å². The molecule has 0 radical (unpaired) electrons. The van der Waals surface area contributed by atoms with Crippen LogP contribution in [0.1, 0.15) is 5.82 Å². The van der Waals surface area contributed by atoms with Gasteiger partial charge in [0.05, 0.1) is 0 Å². The van der Waals surface area contributed by atoms with E-state index in [1.165, 1.54) is 12.1 Å². The summed E-state index contributed by atoms with van der Waals surface area (Å²) in [4.78, 5) is 17.5. The van der Waals surface area contributed by atoms with Gasteiger partial charge in [0.1, 0.15) is 5.82 Å². The molecule has 0 aromatic carbocycles. The number of nitrogens with zero attached hydrogens (tertiary/aromatic N) is 3. The Morgan fingerprint density at radius 2 is 2.33 bits per heavy atom. The van der Waals surface area contributed by atoms with Crippen LogP contribution in [0.3, 0.4) is 0 Å². The van der Waals surface area contributed by atoms with Gasteiger partial charge in [-0.15, -0.1) is 0 Å². The van der Waals surface area contributed by atoms with Crippen LogP contribution in [-0.4, -0.2) is 40.1 Å². The Morgan fingerprint density at radius 1 is 1.53 bits per heavy atom.